The Labute approximate surface area is 365 Å². The molecule has 0 spiro atoms. The fourth-order valence-corrected chi connectivity index (χ4v) is 24.0. The molecule has 6 aromatic rings. The van der Waals surface area contributed by atoms with Crippen LogP contribution in [0, 0.1) is 0 Å². The molecule has 0 radical (unpaired) electrons. The molecule has 10 rings (SSSR count). The molecule has 12 heteroatoms. The minimum Gasteiger partial charge on any atom is -0.121 e. The van der Waals surface area contributed by atoms with Crippen LogP contribution in [-0.2, 0) is 0 Å². The smallest absolute Gasteiger partial charge is 0.0717 e. The molecule has 4 aliphatic rings. The maximum Gasteiger partial charge on any atom is 0.0717 e. The van der Waals surface area contributed by atoms with Crippen molar-refractivity contribution in [3.05, 3.63) is 143 Å². The Morgan fingerprint density at radius 3 is 0.630 bits per heavy atom. The molecule has 0 aliphatic carbocycles. The third-order valence-corrected chi connectivity index (χ3v) is 25.5. The molecule has 4 aliphatic heterocycles. The van der Waals surface area contributed by atoms with E-state index in [4.69, 9.17) is 0 Å². The van der Waals surface area contributed by atoms with Gasteiger partial charge in [-0.15, -0.1) is 47.0 Å². The zero-order chi connectivity index (χ0) is 36.5. The molecule has 0 atom stereocenters. The van der Waals surface area contributed by atoms with E-state index in [1.54, 1.807) is 0 Å². The van der Waals surface area contributed by atoms with Crippen molar-refractivity contribution in [3.8, 4) is 0 Å². The van der Waals surface area contributed by atoms with E-state index in [9.17, 15) is 0 Å². The van der Waals surface area contributed by atoms with E-state index in [1.165, 1.54) is 106 Å². The first-order chi connectivity index (χ1) is 26.6. The average Bonchev–Trinajstić information content (AvgIpc) is 4.01. The third kappa shape index (κ3) is 6.31. The Morgan fingerprint density at radius 2 is 0.444 bits per heavy atom. The molecule has 0 amide bonds. The lowest BCUT2D eigenvalue weighted by molar-refractivity contribution is 1.69. The number of benzene rings is 6. The van der Waals surface area contributed by atoms with Gasteiger partial charge < -0.3 is 0 Å². The van der Waals surface area contributed by atoms with Crippen LogP contribution in [0.15, 0.2) is 122 Å². The normalized spacial score (nSPS) is 17.7. The van der Waals surface area contributed by atoms with Gasteiger partial charge in [0, 0.05) is 20.9 Å². The van der Waals surface area contributed by atoms with Crippen molar-refractivity contribution in [2.45, 2.75) is 0 Å². The van der Waals surface area contributed by atoms with Crippen LogP contribution in [0.2, 0.25) is 0 Å². The van der Waals surface area contributed by atoms with Gasteiger partial charge in [0.25, 0.3) is 0 Å². The predicted octanol–water partition coefficient (Wildman–Crippen LogP) is 14.0. The van der Waals surface area contributed by atoms with Crippen LogP contribution in [0.3, 0.4) is 0 Å². The number of rotatable bonds is 4. The highest BCUT2D eigenvalue weighted by Crippen LogP contribution is 2.67. The maximum absolute atomic E-state index is 2.35. The zero-order valence-electron chi connectivity index (χ0n) is 29.1. The minimum absolute atomic E-state index is 1.34. The molecule has 0 nitrogen and oxygen atoms in total. The van der Waals surface area contributed by atoms with E-state index in [2.05, 4.69) is 122 Å². The topological polar surface area (TPSA) is 0 Å². The summed E-state index contributed by atoms with van der Waals surface area (Å²) in [7, 11) is 0. The molecule has 0 bridgehead atoms. The molecule has 0 aromatic heterocycles. The molecule has 0 saturated heterocycles. The standard InChI is InChI=1S/C42H28S12/c1-43-37-38(44-2)48-33(47-37)29-21-13-5-9-17-25(21)31(26-18-10-6-14-22(26)29)35-51-41-42(52-35)54-36(53-41)32-27-19-11-7-15-23(27)30(24-16-8-12-20-28(24)32)34-49-39(45-3)40(46-4)50-34/h5-20H,1-4H3. The van der Waals surface area contributed by atoms with Crippen LogP contribution in [0.5, 0.6) is 0 Å². The van der Waals surface area contributed by atoms with Crippen LogP contribution >= 0.6 is 141 Å². The summed E-state index contributed by atoms with van der Waals surface area (Å²) in [6, 6.07) is 36.4. The minimum atomic E-state index is 1.34. The number of hydrogen-bond acceptors (Lipinski definition) is 12. The van der Waals surface area contributed by atoms with Gasteiger partial charge in [-0.25, -0.2) is 0 Å². The second-order valence-electron chi connectivity index (χ2n) is 12.2. The summed E-state index contributed by atoms with van der Waals surface area (Å²) >= 11 is 23.2. The molecule has 6 aromatic carbocycles. The summed E-state index contributed by atoms with van der Waals surface area (Å²) in [5.41, 5.74) is 0. The molecule has 0 unspecified atom stereocenters. The van der Waals surface area contributed by atoms with Crippen LogP contribution < -0.4 is 20.9 Å². The molecular weight excluding hydrogens is 889 g/mol. The molecule has 0 fully saturated rings. The molecule has 54 heavy (non-hydrogen) atoms. The number of fused-ring (bicyclic) bond motifs is 4. The Morgan fingerprint density at radius 1 is 0.259 bits per heavy atom. The Kier molecular flexibility index (Phi) is 11.0. The van der Waals surface area contributed by atoms with Crippen molar-refractivity contribution >= 4 is 201 Å². The summed E-state index contributed by atoms with van der Waals surface area (Å²) in [4.78, 5) is 0. The SMILES string of the molecule is CSC1=C(SC)SC(=c2c3ccccc3c(=C3SC4=C(S3)SC(=c3c5ccccc5c(=C5SC(SC)=C(SC)S5)c5ccccc35)S4)c3ccccc23)S1. The second kappa shape index (κ2) is 15.8. The summed E-state index contributed by atoms with van der Waals surface area (Å²) in [6.07, 6.45) is 8.80. The highest BCUT2D eigenvalue weighted by molar-refractivity contribution is 8.54. The fraction of sp³-hybridized carbons (Fsp3) is 0.0952. The van der Waals surface area contributed by atoms with E-state index in [-0.39, 0.29) is 0 Å². The lowest BCUT2D eigenvalue weighted by atomic mass is 9.99. The highest BCUT2D eigenvalue weighted by Gasteiger charge is 2.33. The van der Waals surface area contributed by atoms with Crippen LogP contribution in [0.4, 0.5) is 0 Å². The lowest BCUT2D eigenvalue weighted by Gasteiger charge is -2.13. The van der Waals surface area contributed by atoms with Crippen LogP contribution in [-0.4, -0.2) is 25.0 Å². The summed E-state index contributed by atoms with van der Waals surface area (Å²) < 4.78 is 14.0. The Hall–Kier alpha value is -0.740. The van der Waals surface area contributed by atoms with E-state index in [1.807, 2.05) is 141 Å². The molecule has 0 saturated carbocycles. The van der Waals surface area contributed by atoms with Gasteiger partial charge in [-0.2, -0.15) is 0 Å². The number of thioether (sulfide) groups is 12. The largest absolute Gasteiger partial charge is 0.121 e. The predicted molar refractivity (Wildman–Crippen MR) is 271 cm³/mol. The molecular formula is C42H28S12. The van der Waals surface area contributed by atoms with Crippen molar-refractivity contribution in [1.82, 2.24) is 0 Å². The third-order valence-electron chi connectivity index (χ3n) is 9.40. The van der Waals surface area contributed by atoms with Crippen molar-refractivity contribution in [3.63, 3.8) is 0 Å². The van der Waals surface area contributed by atoms with Gasteiger partial charge in [0.1, 0.15) is 0 Å². The monoisotopic (exact) mass is 916 g/mol. The quantitative estimate of drug-likeness (QED) is 0.155. The number of hydrogen-bond donors (Lipinski definition) is 0. The van der Waals surface area contributed by atoms with Crippen LogP contribution in [0.25, 0.3) is 60.0 Å². The highest BCUT2D eigenvalue weighted by atomic mass is 32.3. The molecule has 4 heterocycles. The van der Waals surface area contributed by atoms with Gasteiger partial charge in [0.2, 0.25) is 0 Å². The summed E-state index contributed by atoms with van der Waals surface area (Å²) in [5.74, 6) is 0. The molecule has 0 N–H and O–H groups in total. The summed E-state index contributed by atoms with van der Waals surface area (Å²) in [6.45, 7) is 0. The van der Waals surface area contributed by atoms with Crippen molar-refractivity contribution in [2.75, 3.05) is 25.0 Å². The van der Waals surface area contributed by atoms with Crippen molar-refractivity contribution in [2.24, 2.45) is 0 Å². The average molecular weight is 917 g/mol. The van der Waals surface area contributed by atoms with E-state index in [0.717, 1.165) is 0 Å². The molecule has 268 valence electrons. The fourth-order valence-electron chi connectivity index (χ4n) is 7.18. The van der Waals surface area contributed by atoms with Gasteiger partial charge in [-0.3, -0.25) is 0 Å². The lowest BCUT2D eigenvalue weighted by Crippen LogP contribution is -2.17. The maximum atomic E-state index is 2.35. The first-order valence-electron chi connectivity index (χ1n) is 16.8. The Balaban J connectivity index is 1.13. The van der Waals surface area contributed by atoms with Crippen LogP contribution in [0.1, 0.15) is 0 Å². The van der Waals surface area contributed by atoms with E-state index >= 15 is 0 Å². The first kappa shape index (κ1) is 37.5. The van der Waals surface area contributed by atoms with Gasteiger partial charge in [0.05, 0.1) is 42.4 Å². The van der Waals surface area contributed by atoms with Gasteiger partial charge in [-0.05, 0) is 68.1 Å². The van der Waals surface area contributed by atoms with E-state index in [0.29, 0.717) is 0 Å². The summed E-state index contributed by atoms with van der Waals surface area (Å²) in [5, 5.41) is 16.3. The van der Waals surface area contributed by atoms with Gasteiger partial charge in [-0.1, -0.05) is 191 Å². The second-order valence-corrected chi connectivity index (χ2v) is 26.2. The van der Waals surface area contributed by atoms with Gasteiger partial charge >= 0.3 is 0 Å². The Bertz CT molecular complexity index is 2610. The first-order valence-corrected chi connectivity index (χ1v) is 28.2. The zero-order valence-corrected chi connectivity index (χ0v) is 38.9. The van der Waals surface area contributed by atoms with Crippen molar-refractivity contribution in [1.29, 1.82) is 0 Å². The van der Waals surface area contributed by atoms with Crippen molar-refractivity contribution < 1.29 is 0 Å². The van der Waals surface area contributed by atoms with E-state index < -0.39 is 0 Å². The van der Waals surface area contributed by atoms with Gasteiger partial charge in [0.15, 0.2) is 0 Å².